The predicted molar refractivity (Wildman–Crippen MR) is 92.9 cm³/mol. The molecule has 3 rings (SSSR count). The van der Waals surface area contributed by atoms with Gasteiger partial charge in [-0.25, -0.2) is 0 Å². The maximum Gasteiger partial charge on any atom is 0.225 e. The lowest BCUT2D eigenvalue weighted by atomic mass is 10.1. The quantitative estimate of drug-likeness (QED) is 0.904. The molecule has 126 valence electrons. The number of hydrogen-bond donors (Lipinski definition) is 2. The Balaban J connectivity index is 1.52. The molecule has 1 aliphatic rings. The van der Waals surface area contributed by atoms with Crippen LogP contribution in [-0.2, 0) is 4.79 Å². The Morgan fingerprint density at radius 2 is 1.58 bits per heavy atom. The van der Waals surface area contributed by atoms with Crippen molar-refractivity contribution in [3.63, 3.8) is 0 Å². The molecule has 1 amide bonds. The summed E-state index contributed by atoms with van der Waals surface area (Å²) in [6.45, 7) is 2.78. The highest BCUT2D eigenvalue weighted by Crippen LogP contribution is 2.21. The molecular formula is C19H22N2O3. The van der Waals surface area contributed by atoms with E-state index < -0.39 is 6.10 Å². The largest absolute Gasteiger partial charge is 0.508 e. The van der Waals surface area contributed by atoms with Crippen molar-refractivity contribution in [1.82, 2.24) is 4.90 Å². The Hall–Kier alpha value is -2.53. The van der Waals surface area contributed by atoms with Crippen molar-refractivity contribution in [2.75, 3.05) is 31.1 Å². The summed E-state index contributed by atoms with van der Waals surface area (Å²) in [5.74, 6) is 0.235. The van der Waals surface area contributed by atoms with Gasteiger partial charge in [0, 0.05) is 31.9 Å². The van der Waals surface area contributed by atoms with E-state index in [4.69, 9.17) is 0 Å². The molecule has 1 heterocycles. The molecule has 0 radical (unpaired) electrons. The second-order valence-corrected chi connectivity index (χ2v) is 6.01. The number of anilines is 1. The van der Waals surface area contributed by atoms with E-state index in [0.717, 1.165) is 24.3 Å². The van der Waals surface area contributed by atoms with Gasteiger partial charge in [0.05, 0.1) is 12.5 Å². The standard InChI is InChI=1S/C19H22N2O3/c22-17-8-6-16(7-9-17)20-10-12-21(13-11-20)19(24)14-18(23)15-4-2-1-3-5-15/h1-9,18,22-23H,10-14H2. The Morgan fingerprint density at radius 3 is 2.21 bits per heavy atom. The third-order valence-electron chi connectivity index (χ3n) is 4.40. The van der Waals surface area contributed by atoms with Crippen molar-refractivity contribution in [3.8, 4) is 5.75 Å². The number of aliphatic hydroxyl groups is 1. The van der Waals surface area contributed by atoms with Gasteiger partial charge in [0.25, 0.3) is 0 Å². The van der Waals surface area contributed by atoms with Crippen molar-refractivity contribution in [1.29, 1.82) is 0 Å². The number of carbonyl (C=O) groups is 1. The van der Waals surface area contributed by atoms with Crippen LogP contribution >= 0.6 is 0 Å². The fourth-order valence-electron chi connectivity index (χ4n) is 2.97. The number of benzene rings is 2. The first-order valence-electron chi connectivity index (χ1n) is 8.18. The Kier molecular flexibility index (Phi) is 5.01. The van der Waals surface area contributed by atoms with Gasteiger partial charge in [0.2, 0.25) is 5.91 Å². The van der Waals surface area contributed by atoms with Crippen LogP contribution in [0.4, 0.5) is 5.69 Å². The molecule has 0 saturated carbocycles. The van der Waals surface area contributed by atoms with E-state index in [-0.39, 0.29) is 18.1 Å². The van der Waals surface area contributed by atoms with Crippen LogP contribution in [-0.4, -0.2) is 47.2 Å². The van der Waals surface area contributed by atoms with Crippen LogP contribution in [0.2, 0.25) is 0 Å². The van der Waals surface area contributed by atoms with Crippen LogP contribution in [0.3, 0.4) is 0 Å². The first-order valence-corrected chi connectivity index (χ1v) is 8.18. The van der Waals surface area contributed by atoms with E-state index in [1.807, 2.05) is 47.4 Å². The summed E-state index contributed by atoms with van der Waals surface area (Å²) in [5.41, 5.74) is 1.82. The van der Waals surface area contributed by atoms with Crippen LogP contribution in [0.1, 0.15) is 18.1 Å². The summed E-state index contributed by atoms with van der Waals surface area (Å²) in [5, 5.41) is 19.5. The third-order valence-corrected chi connectivity index (χ3v) is 4.40. The van der Waals surface area contributed by atoms with Crippen molar-refractivity contribution >= 4 is 11.6 Å². The van der Waals surface area contributed by atoms with E-state index in [1.54, 1.807) is 12.1 Å². The highest BCUT2D eigenvalue weighted by atomic mass is 16.3. The van der Waals surface area contributed by atoms with Crippen molar-refractivity contribution < 1.29 is 15.0 Å². The fourth-order valence-corrected chi connectivity index (χ4v) is 2.97. The van der Waals surface area contributed by atoms with Gasteiger partial charge in [-0.2, -0.15) is 0 Å². The Bertz CT molecular complexity index is 665. The number of hydrogen-bond acceptors (Lipinski definition) is 4. The summed E-state index contributed by atoms with van der Waals surface area (Å²) in [6, 6.07) is 16.4. The molecule has 5 nitrogen and oxygen atoms in total. The molecule has 24 heavy (non-hydrogen) atoms. The SMILES string of the molecule is O=C(CC(O)c1ccccc1)N1CCN(c2ccc(O)cc2)CC1. The lowest BCUT2D eigenvalue weighted by Gasteiger charge is -2.36. The second kappa shape index (κ2) is 7.36. The number of aliphatic hydroxyl groups excluding tert-OH is 1. The smallest absolute Gasteiger partial charge is 0.225 e. The molecular weight excluding hydrogens is 304 g/mol. The van der Waals surface area contributed by atoms with Crippen LogP contribution in [0.5, 0.6) is 5.75 Å². The summed E-state index contributed by atoms with van der Waals surface area (Å²) in [7, 11) is 0. The minimum Gasteiger partial charge on any atom is -0.508 e. The predicted octanol–water partition coefficient (Wildman–Crippen LogP) is 2.16. The highest BCUT2D eigenvalue weighted by molar-refractivity contribution is 5.77. The minimum atomic E-state index is -0.756. The van der Waals surface area contributed by atoms with E-state index in [1.165, 1.54) is 0 Å². The van der Waals surface area contributed by atoms with E-state index in [0.29, 0.717) is 13.1 Å². The van der Waals surface area contributed by atoms with Crippen LogP contribution in [0.15, 0.2) is 54.6 Å². The first-order chi connectivity index (χ1) is 11.6. The second-order valence-electron chi connectivity index (χ2n) is 6.01. The molecule has 1 aliphatic heterocycles. The first kappa shape index (κ1) is 16.3. The number of nitrogens with zero attached hydrogens (tertiary/aromatic N) is 2. The summed E-state index contributed by atoms with van der Waals surface area (Å²) >= 11 is 0. The minimum absolute atomic E-state index is 0.0169. The molecule has 0 aliphatic carbocycles. The van der Waals surface area contributed by atoms with Crippen molar-refractivity contribution in [2.45, 2.75) is 12.5 Å². The van der Waals surface area contributed by atoms with Crippen LogP contribution in [0.25, 0.3) is 0 Å². The normalized spacial score (nSPS) is 16.0. The van der Waals surface area contributed by atoms with Gasteiger partial charge in [-0.15, -0.1) is 0 Å². The molecule has 0 aromatic heterocycles. The van der Waals surface area contributed by atoms with Crippen LogP contribution in [0, 0.1) is 0 Å². The number of rotatable bonds is 4. The molecule has 0 spiro atoms. The van der Waals surface area contributed by atoms with Gasteiger partial charge in [0.15, 0.2) is 0 Å². The third kappa shape index (κ3) is 3.86. The lowest BCUT2D eigenvalue weighted by molar-refractivity contribution is -0.133. The number of amides is 1. The topological polar surface area (TPSA) is 64.0 Å². The number of phenols is 1. The number of carbonyl (C=O) groups excluding carboxylic acids is 1. The fraction of sp³-hybridized carbons (Fsp3) is 0.316. The maximum absolute atomic E-state index is 12.4. The van der Waals surface area contributed by atoms with E-state index >= 15 is 0 Å². The summed E-state index contributed by atoms with van der Waals surface area (Å²) in [6.07, 6.45) is -0.641. The number of piperazine rings is 1. The van der Waals surface area contributed by atoms with E-state index in [2.05, 4.69) is 4.90 Å². The van der Waals surface area contributed by atoms with Crippen molar-refractivity contribution in [3.05, 3.63) is 60.2 Å². The molecule has 2 N–H and O–H groups in total. The molecule has 1 saturated heterocycles. The Morgan fingerprint density at radius 1 is 0.958 bits per heavy atom. The average molecular weight is 326 g/mol. The summed E-state index contributed by atoms with van der Waals surface area (Å²) < 4.78 is 0. The van der Waals surface area contributed by atoms with Gasteiger partial charge in [-0.1, -0.05) is 30.3 Å². The van der Waals surface area contributed by atoms with Crippen molar-refractivity contribution in [2.24, 2.45) is 0 Å². The Labute approximate surface area is 141 Å². The molecule has 1 atom stereocenters. The monoisotopic (exact) mass is 326 g/mol. The zero-order valence-electron chi connectivity index (χ0n) is 13.5. The van der Waals surface area contributed by atoms with Gasteiger partial charge in [-0.3, -0.25) is 4.79 Å². The van der Waals surface area contributed by atoms with Gasteiger partial charge < -0.3 is 20.0 Å². The zero-order chi connectivity index (χ0) is 16.9. The zero-order valence-corrected chi connectivity index (χ0v) is 13.5. The molecule has 1 unspecified atom stereocenters. The van der Waals surface area contributed by atoms with Gasteiger partial charge in [0.1, 0.15) is 5.75 Å². The molecule has 5 heteroatoms. The molecule has 2 aromatic rings. The van der Waals surface area contributed by atoms with E-state index in [9.17, 15) is 15.0 Å². The summed E-state index contributed by atoms with van der Waals surface area (Å²) in [4.78, 5) is 16.4. The molecule has 2 aromatic carbocycles. The average Bonchev–Trinajstić information content (AvgIpc) is 2.63. The maximum atomic E-state index is 12.4. The molecule has 1 fully saturated rings. The van der Waals surface area contributed by atoms with Gasteiger partial charge >= 0.3 is 0 Å². The number of phenolic OH excluding ortho intramolecular Hbond substituents is 1. The highest BCUT2D eigenvalue weighted by Gasteiger charge is 2.23. The van der Waals surface area contributed by atoms with Crippen LogP contribution < -0.4 is 4.90 Å². The lowest BCUT2D eigenvalue weighted by Crippen LogP contribution is -2.49. The van der Waals surface area contributed by atoms with Gasteiger partial charge in [-0.05, 0) is 29.8 Å². The number of aromatic hydroxyl groups is 1. The molecule has 0 bridgehead atoms.